The Bertz CT molecular complexity index is 657. The zero-order valence-corrected chi connectivity index (χ0v) is 14.7. The molecule has 0 aliphatic carbocycles. The highest BCUT2D eigenvalue weighted by Crippen LogP contribution is 2.41. The summed E-state index contributed by atoms with van der Waals surface area (Å²) in [6, 6.07) is 4.58. The second kappa shape index (κ2) is 6.07. The van der Waals surface area contributed by atoms with E-state index in [4.69, 9.17) is 4.74 Å². The predicted molar refractivity (Wildman–Crippen MR) is 87.6 cm³/mol. The Kier molecular flexibility index (Phi) is 4.61. The van der Waals surface area contributed by atoms with Crippen LogP contribution in [0.5, 0.6) is 0 Å². The summed E-state index contributed by atoms with van der Waals surface area (Å²) in [5.41, 5.74) is -1.27. The molecule has 0 aromatic heterocycles. The average Bonchev–Trinajstić information content (AvgIpc) is 2.36. The van der Waals surface area contributed by atoms with Gasteiger partial charge in [0.15, 0.2) is 0 Å². The first kappa shape index (κ1) is 18.2. The number of amides is 1. The van der Waals surface area contributed by atoms with Gasteiger partial charge in [-0.05, 0) is 38.3 Å². The summed E-state index contributed by atoms with van der Waals surface area (Å²) < 4.78 is 19.7. The summed E-state index contributed by atoms with van der Waals surface area (Å²) in [4.78, 5) is 25.3. The Balaban J connectivity index is 2.35. The van der Waals surface area contributed by atoms with E-state index >= 15 is 0 Å². The first-order valence-corrected chi connectivity index (χ1v) is 7.98. The molecule has 0 spiro atoms. The van der Waals surface area contributed by atoms with Crippen molar-refractivity contribution in [1.82, 2.24) is 4.90 Å². The van der Waals surface area contributed by atoms with Crippen LogP contribution in [0.2, 0.25) is 0 Å². The maximum absolute atomic E-state index is 14.5. The molecule has 1 saturated heterocycles. The van der Waals surface area contributed by atoms with Gasteiger partial charge in [-0.2, -0.15) is 0 Å². The minimum absolute atomic E-state index is 0.0255. The van der Waals surface area contributed by atoms with Gasteiger partial charge < -0.3 is 14.7 Å². The molecule has 0 saturated carbocycles. The van der Waals surface area contributed by atoms with Crippen molar-refractivity contribution in [1.29, 1.82) is 0 Å². The summed E-state index contributed by atoms with van der Waals surface area (Å²) in [6.07, 6.45) is -0.582. The zero-order chi connectivity index (χ0) is 18.3. The third-order valence-electron chi connectivity index (χ3n) is 4.13. The normalized spacial score (nSPS) is 16.7. The van der Waals surface area contributed by atoms with Crippen molar-refractivity contribution < 1.29 is 23.8 Å². The van der Waals surface area contributed by atoms with Crippen LogP contribution in [-0.4, -0.2) is 40.8 Å². The number of carbonyl (C=O) groups is 2. The summed E-state index contributed by atoms with van der Waals surface area (Å²) in [5.74, 6) is -1.70. The number of rotatable bonds is 3. The average molecular weight is 337 g/mol. The SMILES string of the molecule is CC(C)c1cccc(F)c1C1(C(=O)O)CN(C(=O)OC(C)(C)C)C1. The number of carboxylic acids is 1. The van der Waals surface area contributed by atoms with E-state index in [9.17, 15) is 19.1 Å². The quantitative estimate of drug-likeness (QED) is 0.916. The van der Waals surface area contributed by atoms with Crippen LogP contribution < -0.4 is 0 Å². The van der Waals surface area contributed by atoms with Gasteiger partial charge in [0.25, 0.3) is 0 Å². The molecule has 6 heteroatoms. The lowest BCUT2D eigenvalue weighted by Crippen LogP contribution is -2.66. The summed E-state index contributed by atoms with van der Waals surface area (Å²) in [7, 11) is 0. The van der Waals surface area contributed by atoms with Gasteiger partial charge in [-0.25, -0.2) is 9.18 Å². The Hall–Kier alpha value is -2.11. The summed E-state index contributed by atoms with van der Waals surface area (Å²) >= 11 is 0. The van der Waals surface area contributed by atoms with Crippen LogP contribution in [0.15, 0.2) is 18.2 Å². The highest BCUT2D eigenvalue weighted by molar-refractivity contribution is 5.87. The molecule has 1 N–H and O–H groups in total. The van der Waals surface area contributed by atoms with Crippen LogP contribution in [0.1, 0.15) is 51.7 Å². The molecule has 24 heavy (non-hydrogen) atoms. The maximum Gasteiger partial charge on any atom is 0.410 e. The number of benzene rings is 1. The fraction of sp³-hybridized carbons (Fsp3) is 0.556. The lowest BCUT2D eigenvalue weighted by atomic mass is 9.70. The van der Waals surface area contributed by atoms with Gasteiger partial charge in [0.1, 0.15) is 16.8 Å². The molecule has 1 heterocycles. The topological polar surface area (TPSA) is 66.8 Å². The van der Waals surface area contributed by atoms with Crippen molar-refractivity contribution >= 4 is 12.1 Å². The van der Waals surface area contributed by atoms with E-state index in [-0.39, 0.29) is 24.6 Å². The second-order valence-corrected chi connectivity index (χ2v) is 7.58. The summed E-state index contributed by atoms with van der Waals surface area (Å²) in [5, 5.41) is 9.75. The Morgan fingerprint density at radius 1 is 1.29 bits per heavy atom. The smallest absolute Gasteiger partial charge is 0.410 e. The number of nitrogens with zero attached hydrogens (tertiary/aromatic N) is 1. The number of halogens is 1. The first-order valence-electron chi connectivity index (χ1n) is 7.98. The lowest BCUT2D eigenvalue weighted by molar-refractivity contribution is -0.150. The molecule has 1 aliphatic heterocycles. The van der Waals surface area contributed by atoms with Crippen molar-refractivity contribution in [2.24, 2.45) is 0 Å². The molecule has 2 rings (SSSR count). The highest BCUT2D eigenvalue weighted by Gasteiger charge is 2.55. The number of ether oxygens (including phenoxy) is 1. The van der Waals surface area contributed by atoms with Crippen molar-refractivity contribution in [2.45, 2.75) is 51.6 Å². The largest absolute Gasteiger partial charge is 0.480 e. The van der Waals surface area contributed by atoms with Crippen LogP contribution in [-0.2, 0) is 14.9 Å². The van der Waals surface area contributed by atoms with Gasteiger partial charge in [0, 0.05) is 18.7 Å². The Morgan fingerprint density at radius 2 is 1.88 bits per heavy atom. The van der Waals surface area contributed by atoms with E-state index in [1.807, 2.05) is 13.8 Å². The molecule has 0 unspecified atom stereocenters. The molecule has 0 atom stereocenters. The Labute approximate surface area is 141 Å². The van der Waals surface area contributed by atoms with E-state index in [1.165, 1.54) is 11.0 Å². The Morgan fingerprint density at radius 3 is 2.33 bits per heavy atom. The number of carbonyl (C=O) groups excluding carboxylic acids is 1. The van der Waals surface area contributed by atoms with Gasteiger partial charge in [-0.15, -0.1) is 0 Å². The molecule has 1 fully saturated rings. The molecule has 1 aliphatic rings. The van der Waals surface area contributed by atoms with Gasteiger partial charge >= 0.3 is 12.1 Å². The van der Waals surface area contributed by atoms with Crippen LogP contribution in [0.3, 0.4) is 0 Å². The van der Waals surface area contributed by atoms with Crippen molar-refractivity contribution in [3.63, 3.8) is 0 Å². The van der Waals surface area contributed by atoms with E-state index in [2.05, 4.69) is 0 Å². The molecule has 132 valence electrons. The second-order valence-electron chi connectivity index (χ2n) is 7.58. The third kappa shape index (κ3) is 3.23. The summed E-state index contributed by atoms with van der Waals surface area (Å²) in [6.45, 7) is 8.79. The van der Waals surface area contributed by atoms with Crippen molar-refractivity contribution in [3.8, 4) is 0 Å². The minimum atomic E-state index is -1.43. The number of likely N-dealkylation sites (tertiary alicyclic amines) is 1. The number of carboxylic acid groups (broad SMARTS) is 1. The molecule has 1 aromatic carbocycles. The fourth-order valence-corrected chi connectivity index (χ4v) is 2.99. The van der Waals surface area contributed by atoms with E-state index in [0.717, 1.165) is 0 Å². The predicted octanol–water partition coefficient (Wildman–Crippen LogP) is 3.52. The van der Waals surface area contributed by atoms with Crippen molar-refractivity contribution in [2.75, 3.05) is 13.1 Å². The minimum Gasteiger partial charge on any atom is -0.480 e. The molecular formula is C18H24FNO4. The third-order valence-corrected chi connectivity index (χ3v) is 4.13. The molecule has 0 radical (unpaired) electrons. The van der Waals surface area contributed by atoms with Crippen LogP contribution in [0.25, 0.3) is 0 Å². The van der Waals surface area contributed by atoms with E-state index in [1.54, 1.807) is 32.9 Å². The van der Waals surface area contributed by atoms with E-state index < -0.39 is 28.9 Å². The van der Waals surface area contributed by atoms with Crippen LogP contribution in [0, 0.1) is 5.82 Å². The van der Waals surface area contributed by atoms with Crippen LogP contribution in [0.4, 0.5) is 9.18 Å². The van der Waals surface area contributed by atoms with Crippen LogP contribution >= 0.6 is 0 Å². The standard InChI is InChI=1S/C18H24FNO4/c1-11(2)12-7-6-8-13(19)14(12)18(15(21)22)9-20(10-18)16(23)24-17(3,4)5/h6-8,11H,9-10H2,1-5H3,(H,21,22). The number of hydrogen-bond donors (Lipinski definition) is 1. The number of aliphatic carboxylic acids is 1. The molecule has 1 amide bonds. The maximum atomic E-state index is 14.5. The van der Waals surface area contributed by atoms with Crippen molar-refractivity contribution in [3.05, 3.63) is 35.1 Å². The van der Waals surface area contributed by atoms with Gasteiger partial charge in [0.2, 0.25) is 0 Å². The molecule has 0 bridgehead atoms. The molecule has 5 nitrogen and oxygen atoms in total. The van der Waals surface area contributed by atoms with E-state index in [0.29, 0.717) is 5.56 Å². The van der Waals surface area contributed by atoms with Gasteiger partial charge in [0.05, 0.1) is 0 Å². The van der Waals surface area contributed by atoms with Gasteiger partial charge in [-0.3, -0.25) is 4.79 Å². The monoisotopic (exact) mass is 337 g/mol. The fourth-order valence-electron chi connectivity index (χ4n) is 2.99. The number of hydrogen-bond acceptors (Lipinski definition) is 3. The molecule has 1 aromatic rings. The lowest BCUT2D eigenvalue weighted by Gasteiger charge is -2.48. The van der Waals surface area contributed by atoms with Gasteiger partial charge in [-0.1, -0.05) is 26.0 Å². The molecular weight excluding hydrogens is 313 g/mol. The highest BCUT2D eigenvalue weighted by atomic mass is 19.1. The first-order chi connectivity index (χ1) is 11.0. The zero-order valence-electron chi connectivity index (χ0n) is 14.7.